The number of esters is 1. The molecule has 0 aromatic carbocycles. The molecule has 0 amide bonds. The van der Waals surface area contributed by atoms with Gasteiger partial charge in [0.15, 0.2) is 8.32 Å². The first kappa shape index (κ1) is 43.3. The molecule has 1 aliphatic heterocycles. The molecular weight excluding hydrogens is 564 g/mol. The SMILES string of the molecule is CCCCCCCCCCC[C@@H](CC=O)O[Si](C)(C)C(C)(C)C.CCCCCCCCCCC[C@@H](O)C[C@@H]1OC(=O)[C@H]1CC. The summed E-state index contributed by atoms with van der Waals surface area (Å²) >= 11 is 0. The lowest BCUT2D eigenvalue weighted by Gasteiger charge is -2.39. The number of unbranched alkanes of at least 4 members (excludes halogenated alkanes) is 16. The largest absolute Gasteiger partial charge is 0.461 e. The molecular formula is C38H76O5Si. The second-order valence-electron chi connectivity index (χ2n) is 15.0. The molecule has 1 saturated heterocycles. The summed E-state index contributed by atoms with van der Waals surface area (Å²) in [5.41, 5.74) is 0. The van der Waals surface area contributed by atoms with Gasteiger partial charge in [0.05, 0.1) is 18.1 Å². The van der Waals surface area contributed by atoms with E-state index >= 15 is 0 Å². The second-order valence-corrected chi connectivity index (χ2v) is 19.8. The summed E-state index contributed by atoms with van der Waals surface area (Å²) in [4.78, 5) is 22.1. The van der Waals surface area contributed by atoms with Crippen molar-refractivity contribution in [2.24, 2.45) is 5.92 Å². The molecule has 44 heavy (non-hydrogen) atoms. The number of rotatable bonds is 27. The lowest BCUT2D eigenvalue weighted by Crippen LogP contribution is -2.46. The molecule has 0 aliphatic carbocycles. The van der Waals surface area contributed by atoms with Crippen LogP contribution in [0, 0.1) is 5.92 Å². The number of carbonyl (C=O) groups is 2. The van der Waals surface area contributed by atoms with Crippen LogP contribution in [-0.4, -0.2) is 44.0 Å². The highest BCUT2D eigenvalue weighted by Crippen LogP contribution is 2.38. The molecule has 0 spiro atoms. The summed E-state index contributed by atoms with van der Waals surface area (Å²) in [6.07, 6.45) is 28.5. The van der Waals surface area contributed by atoms with Crippen molar-refractivity contribution in [1.82, 2.24) is 0 Å². The van der Waals surface area contributed by atoms with Gasteiger partial charge in [0, 0.05) is 12.8 Å². The standard InChI is InChI=1S/C20H42O2Si.C18H34O3/c1-7-8-9-10-11-12-13-14-15-16-19(17-18-21)22-23(5,6)20(2,3)4;1-3-5-6-7-8-9-10-11-12-13-15(19)14-17-16(4-2)18(20)21-17/h18-19H,7-17H2,1-6H3;15-17,19H,3-14H2,1-2H3/t19-;15-,16+,17+/m01/s1. The van der Waals surface area contributed by atoms with E-state index < -0.39 is 8.32 Å². The Hall–Kier alpha value is -0.723. The van der Waals surface area contributed by atoms with Gasteiger partial charge in [-0.3, -0.25) is 4.79 Å². The van der Waals surface area contributed by atoms with Crippen LogP contribution in [0.5, 0.6) is 0 Å². The van der Waals surface area contributed by atoms with E-state index in [2.05, 4.69) is 47.7 Å². The zero-order valence-corrected chi connectivity index (χ0v) is 31.7. The molecule has 5 nitrogen and oxygen atoms in total. The fourth-order valence-corrected chi connectivity index (χ4v) is 7.13. The lowest BCUT2D eigenvalue weighted by atomic mass is 9.89. The number of hydrogen-bond acceptors (Lipinski definition) is 5. The van der Waals surface area contributed by atoms with Gasteiger partial charge in [-0.05, 0) is 37.4 Å². The normalized spacial score (nSPS) is 18.2. The monoisotopic (exact) mass is 641 g/mol. The maximum absolute atomic E-state index is 11.2. The van der Waals surface area contributed by atoms with E-state index in [9.17, 15) is 14.7 Å². The van der Waals surface area contributed by atoms with Gasteiger partial charge in [0.25, 0.3) is 0 Å². The molecule has 6 heteroatoms. The maximum Gasteiger partial charge on any atom is 0.313 e. The van der Waals surface area contributed by atoms with Crippen LogP contribution in [0.1, 0.15) is 189 Å². The summed E-state index contributed by atoms with van der Waals surface area (Å²) < 4.78 is 11.5. The van der Waals surface area contributed by atoms with E-state index in [-0.39, 0.29) is 35.2 Å². The number of aliphatic hydroxyl groups excluding tert-OH is 1. The number of carbonyl (C=O) groups excluding carboxylic acids is 2. The zero-order chi connectivity index (χ0) is 33.3. The third-order valence-electron chi connectivity index (χ3n) is 9.86. The Balaban J connectivity index is 0.000000843. The molecule has 262 valence electrons. The van der Waals surface area contributed by atoms with Crippen molar-refractivity contribution in [3.63, 3.8) is 0 Å². The lowest BCUT2D eigenvalue weighted by molar-refractivity contribution is -0.188. The molecule has 1 N–H and O–H groups in total. The minimum atomic E-state index is -1.76. The summed E-state index contributed by atoms with van der Waals surface area (Å²) in [5.74, 6) is -0.0551. The van der Waals surface area contributed by atoms with Crippen molar-refractivity contribution in [2.45, 2.75) is 226 Å². The van der Waals surface area contributed by atoms with E-state index in [1.165, 1.54) is 109 Å². The molecule has 1 heterocycles. The van der Waals surface area contributed by atoms with Gasteiger partial charge in [-0.25, -0.2) is 0 Å². The molecule has 0 unspecified atom stereocenters. The highest BCUT2D eigenvalue weighted by Gasteiger charge is 2.41. The first-order chi connectivity index (χ1) is 20.9. The van der Waals surface area contributed by atoms with Crippen molar-refractivity contribution in [1.29, 1.82) is 0 Å². The van der Waals surface area contributed by atoms with E-state index in [1.807, 2.05) is 6.92 Å². The molecule has 0 aromatic heterocycles. The van der Waals surface area contributed by atoms with Crippen LogP contribution in [0.15, 0.2) is 0 Å². The summed E-state index contributed by atoms with van der Waals surface area (Å²) in [7, 11) is -1.76. The second kappa shape index (κ2) is 26.4. The van der Waals surface area contributed by atoms with Crippen molar-refractivity contribution < 1.29 is 23.9 Å². The van der Waals surface area contributed by atoms with E-state index in [4.69, 9.17) is 9.16 Å². The van der Waals surface area contributed by atoms with Gasteiger partial charge in [-0.2, -0.15) is 0 Å². The molecule has 0 bridgehead atoms. The highest BCUT2D eigenvalue weighted by atomic mass is 28.4. The van der Waals surface area contributed by atoms with Gasteiger partial charge >= 0.3 is 5.97 Å². The molecule has 0 radical (unpaired) electrons. The average Bonchev–Trinajstić information content (AvgIpc) is 2.95. The van der Waals surface area contributed by atoms with Gasteiger partial charge in [0.2, 0.25) is 0 Å². The number of ether oxygens (including phenoxy) is 1. The Kier molecular flexibility index (Phi) is 25.9. The maximum atomic E-state index is 11.2. The molecule has 0 aromatic rings. The minimum Gasteiger partial charge on any atom is -0.461 e. The van der Waals surface area contributed by atoms with Crippen LogP contribution in [0.4, 0.5) is 0 Å². The van der Waals surface area contributed by atoms with Crippen LogP contribution in [0.2, 0.25) is 18.1 Å². The van der Waals surface area contributed by atoms with Crippen LogP contribution < -0.4 is 0 Å². The zero-order valence-electron chi connectivity index (χ0n) is 30.7. The number of cyclic esters (lactones) is 1. The van der Waals surface area contributed by atoms with Crippen LogP contribution in [0.3, 0.4) is 0 Å². The number of aliphatic hydroxyl groups is 1. The van der Waals surface area contributed by atoms with Crippen molar-refractivity contribution in [2.75, 3.05) is 0 Å². The Labute approximate surface area is 275 Å². The summed E-state index contributed by atoms with van der Waals surface area (Å²) in [6, 6.07) is 0. The van der Waals surface area contributed by atoms with Crippen LogP contribution >= 0.6 is 0 Å². The predicted molar refractivity (Wildman–Crippen MR) is 191 cm³/mol. The molecule has 1 fully saturated rings. The van der Waals surface area contributed by atoms with E-state index in [0.717, 1.165) is 32.0 Å². The summed E-state index contributed by atoms with van der Waals surface area (Å²) in [6.45, 7) is 17.9. The third-order valence-corrected chi connectivity index (χ3v) is 14.4. The molecule has 4 atom stereocenters. The molecule has 0 saturated carbocycles. The van der Waals surface area contributed by atoms with Crippen LogP contribution in [0.25, 0.3) is 0 Å². The van der Waals surface area contributed by atoms with Crippen molar-refractivity contribution in [3.05, 3.63) is 0 Å². The van der Waals surface area contributed by atoms with Crippen molar-refractivity contribution in [3.8, 4) is 0 Å². The Bertz CT molecular complexity index is 689. The predicted octanol–water partition coefficient (Wildman–Crippen LogP) is 11.5. The van der Waals surface area contributed by atoms with Crippen molar-refractivity contribution >= 4 is 20.6 Å². The van der Waals surface area contributed by atoms with Crippen LogP contribution in [-0.2, 0) is 18.8 Å². The smallest absolute Gasteiger partial charge is 0.313 e. The quantitative estimate of drug-likeness (QED) is 0.0418. The van der Waals surface area contributed by atoms with Gasteiger partial charge < -0.3 is 19.1 Å². The topological polar surface area (TPSA) is 72.8 Å². The Morgan fingerprint density at radius 1 is 0.773 bits per heavy atom. The minimum absolute atomic E-state index is 0.0303. The Morgan fingerprint density at radius 3 is 1.59 bits per heavy atom. The van der Waals surface area contributed by atoms with Gasteiger partial charge in [-0.15, -0.1) is 0 Å². The third kappa shape index (κ3) is 21.1. The first-order valence-corrected chi connectivity index (χ1v) is 21.8. The Morgan fingerprint density at radius 2 is 1.20 bits per heavy atom. The van der Waals surface area contributed by atoms with Gasteiger partial charge in [-0.1, -0.05) is 157 Å². The molecule has 1 rings (SSSR count). The highest BCUT2D eigenvalue weighted by molar-refractivity contribution is 6.74. The van der Waals surface area contributed by atoms with E-state index in [0.29, 0.717) is 12.8 Å². The summed E-state index contributed by atoms with van der Waals surface area (Å²) in [5, 5.41) is 10.2. The fourth-order valence-electron chi connectivity index (χ4n) is 5.73. The fraction of sp³-hybridized carbons (Fsp3) is 0.947. The number of aldehydes is 1. The first-order valence-electron chi connectivity index (χ1n) is 18.9. The van der Waals surface area contributed by atoms with Gasteiger partial charge in [0.1, 0.15) is 12.4 Å². The molecule has 1 aliphatic rings. The average molecular weight is 641 g/mol. The van der Waals surface area contributed by atoms with E-state index in [1.54, 1.807) is 0 Å². The number of hydrogen-bond donors (Lipinski definition) is 1.